The molecule has 0 saturated heterocycles. The van der Waals surface area contributed by atoms with Crippen LogP contribution in [0.1, 0.15) is 18.4 Å². The summed E-state index contributed by atoms with van der Waals surface area (Å²) in [6, 6.07) is 0. The molecule has 20 heavy (non-hydrogen) atoms. The van der Waals surface area contributed by atoms with E-state index in [-0.39, 0.29) is 19.0 Å². The fourth-order valence-electron chi connectivity index (χ4n) is 1.38. The van der Waals surface area contributed by atoms with Crippen molar-refractivity contribution in [2.24, 2.45) is 0 Å². The average Bonchev–Trinajstić information content (AvgIpc) is 2.34. The summed E-state index contributed by atoms with van der Waals surface area (Å²) in [6.07, 6.45) is -4.36. The van der Waals surface area contributed by atoms with Gasteiger partial charge < -0.3 is 14.8 Å². The Balaban J connectivity index is 2.84. The average molecular weight is 405 g/mol. The van der Waals surface area contributed by atoms with Crippen LogP contribution in [0.4, 0.5) is 19.0 Å². The summed E-state index contributed by atoms with van der Waals surface area (Å²) in [6.45, 7) is 1.17. The smallest absolute Gasteiger partial charge is 0.378 e. The SMILES string of the molecule is CCNc1nc(COCC(F)(F)F)nc(COC)c1I. The van der Waals surface area contributed by atoms with Crippen molar-refractivity contribution in [2.45, 2.75) is 26.3 Å². The fraction of sp³-hybridized carbons (Fsp3) is 0.636. The molecule has 0 amide bonds. The molecule has 9 heteroatoms. The minimum atomic E-state index is -4.36. The maximum absolute atomic E-state index is 12.0. The molecule has 0 aromatic carbocycles. The van der Waals surface area contributed by atoms with Crippen molar-refractivity contribution in [3.63, 3.8) is 0 Å². The van der Waals surface area contributed by atoms with Crippen molar-refractivity contribution in [2.75, 3.05) is 25.6 Å². The molecule has 1 aromatic rings. The highest BCUT2D eigenvalue weighted by molar-refractivity contribution is 14.1. The Kier molecular flexibility index (Phi) is 6.89. The first-order valence-electron chi connectivity index (χ1n) is 5.80. The zero-order chi connectivity index (χ0) is 15.2. The largest absolute Gasteiger partial charge is 0.411 e. The standard InChI is InChI=1S/C11H15F3IN3O2/c1-3-16-10-9(15)7(4-19-2)17-8(18-10)5-20-6-11(12,13)14/h3-6H2,1-2H3,(H,16,17,18). The normalized spacial score (nSPS) is 11.7. The third-order valence-corrected chi connectivity index (χ3v) is 3.22. The highest BCUT2D eigenvalue weighted by Crippen LogP contribution is 2.21. The highest BCUT2D eigenvalue weighted by Gasteiger charge is 2.27. The molecule has 0 atom stereocenters. The van der Waals surface area contributed by atoms with Crippen molar-refractivity contribution in [3.05, 3.63) is 15.1 Å². The Labute approximate surface area is 128 Å². The fourth-order valence-corrected chi connectivity index (χ4v) is 1.97. The summed E-state index contributed by atoms with van der Waals surface area (Å²) in [7, 11) is 1.52. The number of nitrogens with zero attached hydrogens (tertiary/aromatic N) is 2. The van der Waals surface area contributed by atoms with E-state index in [1.807, 2.05) is 6.92 Å². The van der Waals surface area contributed by atoms with E-state index in [1.54, 1.807) is 0 Å². The Hall–Kier alpha value is -0.680. The third-order valence-electron chi connectivity index (χ3n) is 2.09. The number of anilines is 1. The lowest BCUT2D eigenvalue weighted by atomic mass is 10.4. The van der Waals surface area contributed by atoms with Gasteiger partial charge in [-0.2, -0.15) is 13.2 Å². The molecule has 0 unspecified atom stereocenters. The Morgan fingerprint density at radius 1 is 1.25 bits per heavy atom. The van der Waals surface area contributed by atoms with Crippen LogP contribution in [0.25, 0.3) is 0 Å². The molecule has 5 nitrogen and oxygen atoms in total. The molecule has 0 bridgehead atoms. The second-order valence-electron chi connectivity index (χ2n) is 3.82. The van der Waals surface area contributed by atoms with Gasteiger partial charge in [-0.3, -0.25) is 0 Å². The summed E-state index contributed by atoms with van der Waals surface area (Å²) in [5, 5.41) is 3.03. The Bertz CT molecular complexity index is 416. The van der Waals surface area contributed by atoms with Gasteiger partial charge >= 0.3 is 6.18 Å². The van der Waals surface area contributed by atoms with Crippen LogP contribution in [0.2, 0.25) is 0 Å². The molecule has 0 saturated carbocycles. The molecule has 114 valence electrons. The molecule has 1 rings (SSSR count). The van der Waals surface area contributed by atoms with E-state index in [9.17, 15) is 13.2 Å². The summed E-state index contributed by atoms with van der Waals surface area (Å²) in [5.41, 5.74) is 0.615. The topological polar surface area (TPSA) is 56.3 Å². The van der Waals surface area contributed by atoms with Gasteiger partial charge in [0.25, 0.3) is 0 Å². The molecule has 1 aromatic heterocycles. The molecule has 1 heterocycles. The molecule has 0 aliphatic rings. The maximum Gasteiger partial charge on any atom is 0.411 e. The lowest BCUT2D eigenvalue weighted by Crippen LogP contribution is -2.18. The predicted octanol–water partition coefficient (Wildman–Crippen LogP) is 2.74. The number of rotatable bonds is 7. The second kappa shape index (κ2) is 7.93. The number of alkyl halides is 3. The number of halogens is 4. The van der Waals surface area contributed by atoms with Crippen molar-refractivity contribution in [1.29, 1.82) is 0 Å². The zero-order valence-corrected chi connectivity index (χ0v) is 13.2. The van der Waals surface area contributed by atoms with Gasteiger partial charge in [0.15, 0.2) is 5.82 Å². The number of aromatic nitrogens is 2. The molecule has 0 radical (unpaired) electrons. The summed E-state index contributed by atoms with van der Waals surface area (Å²) in [4.78, 5) is 8.30. The van der Waals surface area contributed by atoms with Gasteiger partial charge in [0, 0.05) is 13.7 Å². The monoisotopic (exact) mass is 405 g/mol. The van der Waals surface area contributed by atoms with Crippen LogP contribution in [0, 0.1) is 3.57 Å². The predicted molar refractivity (Wildman–Crippen MR) is 75.3 cm³/mol. The summed E-state index contributed by atoms with van der Waals surface area (Å²) in [5.74, 6) is 0.762. The van der Waals surface area contributed by atoms with Gasteiger partial charge in [-0.1, -0.05) is 0 Å². The Morgan fingerprint density at radius 3 is 2.50 bits per heavy atom. The van der Waals surface area contributed by atoms with Crippen LogP contribution >= 0.6 is 22.6 Å². The molecule has 0 aliphatic heterocycles. The van der Waals surface area contributed by atoms with E-state index >= 15 is 0 Å². The van der Waals surface area contributed by atoms with Gasteiger partial charge in [-0.25, -0.2) is 9.97 Å². The quantitative estimate of drug-likeness (QED) is 0.708. The van der Waals surface area contributed by atoms with E-state index < -0.39 is 12.8 Å². The minimum absolute atomic E-state index is 0.192. The lowest BCUT2D eigenvalue weighted by Gasteiger charge is -2.12. The number of nitrogens with one attached hydrogen (secondary N) is 1. The van der Waals surface area contributed by atoms with Gasteiger partial charge in [0.1, 0.15) is 19.0 Å². The van der Waals surface area contributed by atoms with Crippen molar-refractivity contribution < 1.29 is 22.6 Å². The molecule has 0 spiro atoms. The minimum Gasteiger partial charge on any atom is -0.378 e. The number of hydrogen-bond donors (Lipinski definition) is 1. The van der Waals surface area contributed by atoms with Gasteiger partial charge in [-0.05, 0) is 29.5 Å². The van der Waals surface area contributed by atoms with Crippen LogP contribution in [0.3, 0.4) is 0 Å². The van der Waals surface area contributed by atoms with E-state index in [2.05, 4.69) is 42.6 Å². The van der Waals surface area contributed by atoms with Crippen molar-refractivity contribution >= 4 is 28.4 Å². The summed E-state index contributed by atoms with van der Waals surface area (Å²) < 4.78 is 46.4. The highest BCUT2D eigenvalue weighted by atomic mass is 127. The van der Waals surface area contributed by atoms with Gasteiger partial charge in [-0.15, -0.1) is 0 Å². The van der Waals surface area contributed by atoms with E-state index in [1.165, 1.54) is 7.11 Å². The van der Waals surface area contributed by atoms with E-state index in [0.717, 1.165) is 3.57 Å². The molecule has 1 N–H and O–H groups in total. The first kappa shape index (κ1) is 17.4. The zero-order valence-electron chi connectivity index (χ0n) is 11.1. The molecule has 0 fully saturated rings. The molecular formula is C11H15F3IN3O2. The maximum atomic E-state index is 12.0. The number of hydrogen-bond acceptors (Lipinski definition) is 5. The van der Waals surface area contributed by atoms with Crippen molar-refractivity contribution in [1.82, 2.24) is 9.97 Å². The van der Waals surface area contributed by atoms with Gasteiger partial charge in [0.2, 0.25) is 0 Å². The van der Waals surface area contributed by atoms with Crippen LogP contribution in [0.5, 0.6) is 0 Å². The first-order chi connectivity index (χ1) is 9.37. The van der Waals surface area contributed by atoms with Crippen LogP contribution < -0.4 is 5.32 Å². The number of methoxy groups -OCH3 is 1. The van der Waals surface area contributed by atoms with Crippen LogP contribution in [-0.4, -0.2) is 36.4 Å². The van der Waals surface area contributed by atoms with Crippen LogP contribution in [-0.2, 0) is 22.7 Å². The first-order valence-corrected chi connectivity index (χ1v) is 6.87. The number of ether oxygens (including phenoxy) is 2. The van der Waals surface area contributed by atoms with Gasteiger partial charge in [0.05, 0.1) is 15.9 Å². The lowest BCUT2D eigenvalue weighted by molar-refractivity contribution is -0.177. The van der Waals surface area contributed by atoms with Crippen LogP contribution in [0.15, 0.2) is 0 Å². The van der Waals surface area contributed by atoms with Crippen molar-refractivity contribution in [3.8, 4) is 0 Å². The van der Waals surface area contributed by atoms with E-state index in [0.29, 0.717) is 18.1 Å². The Morgan fingerprint density at radius 2 is 1.95 bits per heavy atom. The van der Waals surface area contributed by atoms with E-state index in [4.69, 9.17) is 4.74 Å². The summed E-state index contributed by atoms with van der Waals surface area (Å²) >= 11 is 2.07. The molecular weight excluding hydrogens is 390 g/mol. The molecule has 0 aliphatic carbocycles. The second-order valence-corrected chi connectivity index (χ2v) is 4.90. The third kappa shape index (κ3) is 5.75.